The van der Waals surface area contributed by atoms with Gasteiger partial charge >= 0.3 is 0 Å². The first-order chi connectivity index (χ1) is 13.4. The molecule has 0 saturated heterocycles. The van der Waals surface area contributed by atoms with Crippen molar-refractivity contribution in [2.24, 2.45) is 0 Å². The lowest BCUT2D eigenvalue weighted by atomic mass is 10.0. The highest BCUT2D eigenvalue weighted by molar-refractivity contribution is 5.98. The monoisotopic (exact) mass is 380 g/mol. The van der Waals surface area contributed by atoms with Crippen molar-refractivity contribution in [3.63, 3.8) is 0 Å². The fraction of sp³-hybridized carbons (Fsp3) is 0.348. The molecule has 0 aliphatic rings. The number of Topliss-reactive ketones (excluding diaryl/α,β-unsaturated/α-hetero) is 1. The molecule has 28 heavy (non-hydrogen) atoms. The summed E-state index contributed by atoms with van der Waals surface area (Å²) in [6, 6.07) is 14.8. The lowest BCUT2D eigenvalue weighted by molar-refractivity contribution is -0.126. The number of ether oxygens (including phenoxy) is 2. The van der Waals surface area contributed by atoms with Crippen molar-refractivity contribution < 1.29 is 14.3 Å². The Morgan fingerprint density at radius 3 is 2.46 bits per heavy atom. The van der Waals surface area contributed by atoms with Crippen LogP contribution in [-0.2, 0) is 9.53 Å². The lowest BCUT2D eigenvalue weighted by Crippen LogP contribution is -2.10. The second-order valence-corrected chi connectivity index (χ2v) is 6.38. The van der Waals surface area contributed by atoms with Gasteiger partial charge < -0.3 is 14.9 Å². The molecule has 5 nitrogen and oxygen atoms in total. The van der Waals surface area contributed by atoms with Crippen LogP contribution in [-0.4, -0.2) is 25.7 Å². The molecule has 2 rings (SSSR count). The summed E-state index contributed by atoms with van der Waals surface area (Å²) in [6.07, 6.45) is 1.27. The van der Waals surface area contributed by atoms with E-state index in [1.807, 2.05) is 31.2 Å². The Balaban J connectivity index is 0.000000280. The van der Waals surface area contributed by atoms with Crippen LogP contribution in [0.4, 0.5) is 0 Å². The van der Waals surface area contributed by atoms with E-state index >= 15 is 0 Å². The number of methoxy groups -OCH3 is 2. The lowest BCUT2D eigenvalue weighted by Gasteiger charge is -2.11. The van der Waals surface area contributed by atoms with E-state index in [0.29, 0.717) is 11.3 Å². The number of carbonyl (C=O) groups excluding carboxylic acids is 1. The van der Waals surface area contributed by atoms with Crippen LogP contribution in [0.15, 0.2) is 42.5 Å². The quantitative estimate of drug-likeness (QED) is 0.685. The normalized spacial score (nSPS) is 10.9. The molecule has 0 aliphatic carbocycles. The van der Waals surface area contributed by atoms with Crippen molar-refractivity contribution in [3.8, 4) is 11.8 Å². The Kier molecular flexibility index (Phi) is 9.63. The van der Waals surface area contributed by atoms with E-state index in [2.05, 4.69) is 6.92 Å². The molecule has 5 heteroatoms. The number of aryl methyl sites for hydroxylation is 1. The van der Waals surface area contributed by atoms with Gasteiger partial charge in [-0.1, -0.05) is 37.6 Å². The number of benzene rings is 2. The van der Waals surface area contributed by atoms with Crippen LogP contribution in [0, 0.1) is 23.7 Å². The molecular formula is C23H28N2O3. The fourth-order valence-corrected chi connectivity index (χ4v) is 2.71. The van der Waals surface area contributed by atoms with Gasteiger partial charge in [-0.15, -0.1) is 0 Å². The van der Waals surface area contributed by atoms with Crippen LogP contribution in [0.5, 0.6) is 5.75 Å². The maximum absolute atomic E-state index is 11.2. The molecule has 0 aromatic heterocycles. The topological polar surface area (TPSA) is 83.2 Å². The molecule has 0 saturated carbocycles. The zero-order valence-electron chi connectivity index (χ0n) is 17.2. The van der Waals surface area contributed by atoms with Crippen LogP contribution in [0.3, 0.4) is 0 Å². The average molecular weight is 380 g/mol. The standard InChI is InChI=1S/C12H17NO.C11H11NO2/c1-4-5-11(13)10-7-6-9(2)12(8-10)14-3;1-8(13)11(14-2)10-5-3-4-9(6-10)7-12/h6-8,13H,4-5H2,1-3H3;3-6,11H,1-2H3. The van der Waals surface area contributed by atoms with E-state index in [4.69, 9.17) is 20.1 Å². The molecule has 2 aromatic carbocycles. The molecule has 0 aliphatic heterocycles. The van der Waals surface area contributed by atoms with Crippen LogP contribution < -0.4 is 4.74 Å². The molecular weight excluding hydrogens is 352 g/mol. The molecule has 2 aromatic rings. The largest absolute Gasteiger partial charge is 0.496 e. The van der Waals surface area contributed by atoms with Gasteiger partial charge in [0.25, 0.3) is 0 Å². The highest BCUT2D eigenvalue weighted by Gasteiger charge is 2.15. The number of nitriles is 1. The second kappa shape index (κ2) is 11.7. The molecule has 0 heterocycles. The first-order valence-electron chi connectivity index (χ1n) is 9.13. The summed E-state index contributed by atoms with van der Waals surface area (Å²) >= 11 is 0. The minimum Gasteiger partial charge on any atom is -0.496 e. The first-order valence-corrected chi connectivity index (χ1v) is 9.13. The van der Waals surface area contributed by atoms with Gasteiger partial charge in [0.05, 0.1) is 18.7 Å². The molecule has 0 bridgehead atoms. The number of hydrogen-bond donors (Lipinski definition) is 1. The molecule has 1 atom stereocenters. The molecule has 1 unspecified atom stereocenters. The van der Waals surface area contributed by atoms with E-state index in [1.54, 1.807) is 31.4 Å². The van der Waals surface area contributed by atoms with Gasteiger partial charge in [0, 0.05) is 12.8 Å². The van der Waals surface area contributed by atoms with E-state index in [-0.39, 0.29) is 5.78 Å². The van der Waals surface area contributed by atoms with Gasteiger partial charge in [-0.05, 0) is 55.2 Å². The molecule has 0 radical (unpaired) electrons. The number of carbonyl (C=O) groups is 1. The van der Waals surface area contributed by atoms with Gasteiger partial charge in [0.2, 0.25) is 0 Å². The van der Waals surface area contributed by atoms with Crippen LogP contribution >= 0.6 is 0 Å². The zero-order chi connectivity index (χ0) is 21.1. The van der Waals surface area contributed by atoms with Crippen LogP contribution in [0.1, 0.15) is 55.0 Å². The minimum atomic E-state index is -0.566. The SMILES string of the molecule is CCCC(=N)c1ccc(C)c(OC)c1.COC(C(C)=O)c1cccc(C#N)c1. The number of ketones is 1. The Hall–Kier alpha value is -2.97. The molecule has 0 spiro atoms. The summed E-state index contributed by atoms with van der Waals surface area (Å²) in [5, 5.41) is 16.5. The van der Waals surface area contributed by atoms with Gasteiger partial charge in [0.1, 0.15) is 11.9 Å². The van der Waals surface area contributed by atoms with Crippen molar-refractivity contribution >= 4 is 11.5 Å². The number of nitrogens with zero attached hydrogens (tertiary/aromatic N) is 1. The summed E-state index contributed by atoms with van der Waals surface area (Å²) in [5.74, 6) is 0.797. The summed E-state index contributed by atoms with van der Waals surface area (Å²) < 4.78 is 10.3. The summed E-state index contributed by atoms with van der Waals surface area (Å²) in [5.41, 5.74) is 4.02. The Morgan fingerprint density at radius 2 is 1.93 bits per heavy atom. The smallest absolute Gasteiger partial charge is 0.163 e. The Morgan fingerprint density at radius 1 is 1.21 bits per heavy atom. The highest BCUT2D eigenvalue weighted by Crippen LogP contribution is 2.20. The second-order valence-electron chi connectivity index (χ2n) is 6.38. The third-order valence-corrected chi connectivity index (χ3v) is 4.18. The number of nitrogens with one attached hydrogen (secondary N) is 1. The Labute approximate surface area is 167 Å². The van der Waals surface area contributed by atoms with E-state index in [1.165, 1.54) is 14.0 Å². The van der Waals surface area contributed by atoms with Gasteiger partial charge in [0.15, 0.2) is 5.78 Å². The number of hydrogen-bond acceptors (Lipinski definition) is 5. The van der Waals surface area contributed by atoms with Crippen molar-refractivity contribution in [3.05, 3.63) is 64.7 Å². The van der Waals surface area contributed by atoms with E-state index in [9.17, 15) is 4.79 Å². The maximum atomic E-state index is 11.2. The third-order valence-electron chi connectivity index (χ3n) is 4.18. The predicted octanol–water partition coefficient (Wildman–Crippen LogP) is 5.01. The summed E-state index contributed by atoms with van der Waals surface area (Å²) in [6.45, 7) is 5.55. The fourth-order valence-electron chi connectivity index (χ4n) is 2.71. The first kappa shape index (κ1) is 23.1. The highest BCUT2D eigenvalue weighted by atomic mass is 16.5. The van der Waals surface area contributed by atoms with Crippen LogP contribution in [0.25, 0.3) is 0 Å². The zero-order valence-corrected chi connectivity index (χ0v) is 17.2. The van der Waals surface area contributed by atoms with Gasteiger partial charge in [-0.2, -0.15) is 5.26 Å². The Bertz CT molecular complexity index is 853. The van der Waals surface area contributed by atoms with Crippen molar-refractivity contribution in [1.29, 1.82) is 10.7 Å². The molecule has 0 fully saturated rings. The van der Waals surface area contributed by atoms with E-state index < -0.39 is 6.10 Å². The maximum Gasteiger partial charge on any atom is 0.163 e. The molecule has 0 amide bonds. The van der Waals surface area contributed by atoms with Crippen molar-refractivity contribution in [1.82, 2.24) is 0 Å². The molecule has 148 valence electrons. The van der Waals surface area contributed by atoms with Crippen molar-refractivity contribution in [2.75, 3.05) is 14.2 Å². The van der Waals surface area contributed by atoms with E-state index in [0.717, 1.165) is 35.3 Å². The number of rotatable bonds is 7. The van der Waals surface area contributed by atoms with Crippen molar-refractivity contribution in [2.45, 2.75) is 39.7 Å². The summed E-state index contributed by atoms with van der Waals surface area (Å²) in [4.78, 5) is 11.2. The average Bonchev–Trinajstić information content (AvgIpc) is 2.69. The van der Waals surface area contributed by atoms with Gasteiger partial charge in [-0.25, -0.2) is 0 Å². The third kappa shape index (κ3) is 6.64. The predicted molar refractivity (Wildman–Crippen MR) is 111 cm³/mol. The molecule has 1 N–H and O–H groups in total. The van der Waals surface area contributed by atoms with Gasteiger partial charge in [-0.3, -0.25) is 4.79 Å². The van der Waals surface area contributed by atoms with Crippen LogP contribution in [0.2, 0.25) is 0 Å². The summed E-state index contributed by atoms with van der Waals surface area (Å²) in [7, 11) is 3.14. The minimum absolute atomic E-state index is 0.0670.